The molecule has 0 saturated carbocycles. The van der Waals surface area contributed by atoms with Gasteiger partial charge in [0.2, 0.25) is 0 Å². The van der Waals surface area contributed by atoms with Crippen LogP contribution in [0.15, 0.2) is 97.1 Å². The first kappa shape index (κ1) is 39.4. The summed E-state index contributed by atoms with van der Waals surface area (Å²) < 4.78 is 32.8. The van der Waals surface area contributed by atoms with Crippen LogP contribution in [0, 0.1) is 0 Å². The molecule has 4 aromatic carbocycles. The number of methoxy groups -OCH3 is 4. The molecule has 0 aromatic heterocycles. The Morgan fingerprint density at radius 3 is 0.923 bits per heavy atom. The van der Waals surface area contributed by atoms with Crippen molar-refractivity contribution in [2.45, 2.75) is 45.1 Å². The molecule has 278 valence electrons. The van der Waals surface area contributed by atoms with E-state index in [1.54, 1.807) is 38.2 Å². The minimum Gasteiger partial charge on any atom is -0.497 e. The molecule has 2 amide bonds. The summed E-state index contributed by atoms with van der Waals surface area (Å²) in [6, 6.07) is 30.5. The predicted octanol–water partition coefficient (Wildman–Crippen LogP) is 7.41. The zero-order valence-electron chi connectivity index (χ0n) is 31.1. The molecule has 0 N–H and O–H groups in total. The third-order valence-corrected chi connectivity index (χ3v) is 8.73. The lowest BCUT2D eigenvalue weighted by Crippen LogP contribution is -2.35. The summed E-state index contributed by atoms with van der Waals surface area (Å²) in [5.74, 6) is 2.98. The smallest absolute Gasteiger partial charge is 0.410 e. The first-order valence-corrected chi connectivity index (χ1v) is 17.2. The van der Waals surface area contributed by atoms with Gasteiger partial charge in [-0.2, -0.15) is 0 Å². The van der Waals surface area contributed by atoms with E-state index in [9.17, 15) is 9.59 Å². The van der Waals surface area contributed by atoms with Crippen LogP contribution in [0.25, 0.3) is 0 Å². The zero-order chi connectivity index (χ0) is 37.3. The SMILES string of the molecule is COc1ccc(CN(Cc2ccc(OC)cc2)C(=O)OCCC(CCOC(=O)N(Cc2ccc(OC)cc2)Cc2ccc(OC)cc2)N(C)C)cc1. The molecule has 0 atom stereocenters. The van der Waals surface area contributed by atoms with E-state index in [1.165, 1.54) is 0 Å². The molecule has 4 rings (SSSR count). The lowest BCUT2D eigenvalue weighted by molar-refractivity contribution is 0.0757. The van der Waals surface area contributed by atoms with Crippen LogP contribution in [-0.2, 0) is 35.7 Å². The summed E-state index contributed by atoms with van der Waals surface area (Å²) in [6.07, 6.45) is 0.305. The number of hydrogen-bond acceptors (Lipinski definition) is 9. The van der Waals surface area contributed by atoms with E-state index in [0.29, 0.717) is 39.0 Å². The summed E-state index contributed by atoms with van der Waals surface area (Å²) in [5, 5.41) is 0. The van der Waals surface area contributed by atoms with Crippen molar-refractivity contribution in [3.8, 4) is 23.0 Å². The fourth-order valence-electron chi connectivity index (χ4n) is 5.58. The minimum absolute atomic E-state index is 0.00820. The molecule has 4 aromatic rings. The quantitative estimate of drug-likeness (QED) is 0.0984. The van der Waals surface area contributed by atoms with Crippen molar-refractivity contribution < 1.29 is 38.0 Å². The highest BCUT2D eigenvalue weighted by Gasteiger charge is 2.21. The van der Waals surface area contributed by atoms with Gasteiger partial charge in [0.05, 0.1) is 41.7 Å². The highest BCUT2D eigenvalue weighted by atomic mass is 16.6. The van der Waals surface area contributed by atoms with Gasteiger partial charge in [-0.05, 0) is 97.7 Å². The van der Waals surface area contributed by atoms with E-state index in [0.717, 1.165) is 45.3 Å². The van der Waals surface area contributed by atoms with Crippen molar-refractivity contribution in [2.75, 3.05) is 55.7 Å². The van der Waals surface area contributed by atoms with Gasteiger partial charge in [-0.15, -0.1) is 0 Å². The van der Waals surface area contributed by atoms with Gasteiger partial charge in [0.25, 0.3) is 0 Å². The molecular formula is C41H51N3O8. The van der Waals surface area contributed by atoms with Crippen LogP contribution in [0.2, 0.25) is 0 Å². The van der Waals surface area contributed by atoms with Gasteiger partial charge in [0.1, 0.15) is 23.0 Å². The van der Waals surface area contributed by atoms with Crippen molar-refractivity contribution in [1.29, 1.82) is 0 Å². The average Bonchev–Trinajstić information content (AvgIpc) is 3.17. The van der Waals surface area contributed by atoms with Crippen LogP contribution >= 0.6 is 0 Å². The van der Waals surface area contributed by atoms with Gasteiger partial charge in [0.15, 0.2) is 0 Å². The van der Waals surface area contributed by atoms with Gasteiger partial charge in [0, 0.05) is 32.2 Å². The lowest BCUT2D eigenvalue weighted by Gasteiger charge is -2.27. The molecule has 0 bridgehead atoms. The third kappa shape index (κ3) is 12.4. The molecule has 0 fully saturated rings. The van der Waals surface area contributed by atoms with Crippen LogP contribution in [0.3, 0.4) is 0 Å². The number of amides is 2. The molecule has 11 nitrogen and oxygen atoms in total. The average molecular weight is 714 g/mol. The standard InChI is InChI=1S/C41H51N3O8/c1-42(2)35(23-25-51-40(45)43(27-31-7-15-36(47-3)16-8-31)28-32-9-17-37(48-4)18-10-32)24-26-52-41(46)44(29-33-11-19-38(49-5)20-12-33)30-34-13-21-39(50-6)22-14-34/h7-22,35H,23-30H2,1-6H3. The van der Waals surface area contributed by atoms with E-state index < -0.39 is 12.2 Å². The maximum absolute atomic E-state index is 13.5. The van der Waals surface area contributed by atoms with Crippen LogP contribution in [0.5, 0.6) is 23.0 Å². The number of carbonyl (C=O) groups excluding carboxylic acids is 2. The molecule has 0 spiro atoms. The number of rotatable bonds is 19. The Morgan fingerprint density at radius 2 is 0.712 bits per heavy atom. The summed E-state index contributed by atoms with van der Waals surface area (Å²) in [4.78, 5) is 32.3. The molecule has 0 aliphatic rings. The van der Waals surface area contributed by atoms with Gasteiger partial charge in [-0.25, -0.2) is 9.59 Å². The minimum atomic E-state index is -0.414. The lowest BCUT2D eigenvalue weighted by atomic mass is 10.1. The molecule has 0 aliphatic heterocycles. The Kier molecular flexibility index (Phi) is 15.5. The number of benzene rings is 4. The predicted molar refractivity (Wildman–Crippen MR) is 200 cm³/mol. The van der Waals surface area contributed by atoms with Crippen LogP contribution in [-0.4, -0.2) is 88.7 Å². The molecule has 0 unspecified atom stereocenters. The van der Waals surface area contributed by atoms with Crippen LogP contribution in [0.1, 0.15) is 35.1 Å². The first-order chi connectivity index (χ1) is 25.2. The van der Waals surface area contributed by atoms with E-state index in [1.807, 2.05) is 111 Å². The Balaban J connectivity index is 1.34. The Morgan fingerprint density at radius 1 is 0.462 bits per heavy atom. The maximum Gasteiger partial charge on any atom is 0.410 e. The second kappa shape index (κ2) is 20.4. The van der Waals surface area contributed by atoms with Crippen molar-refractivity contribution in [3.63, 3.8) is 0 Å². The fraction of sp³-hybridized carbons (Fsp3) is 0.366. The number of ether oxygens (including phenoxy) is 6. The Hall–Kier alpha value is -5.42. The molecule has 52 heavy (non-hydrogen) atoms. The van der Waals surface area contributed by atoms with Crippen molar-refractivity contribution >= 4 is 12.2 Å². The molecule has 11 heteroatoms. The van der Waals surface area contributed by atoms with Gasteiger partial charge < -0.3 is 33.3 Å². The van der Waals surface area contributed by atoms with E-state index in [-0.39, 0.29) is 19.3 Å². The van der Waals surface area contributed by atoms with E-state index in [2.05, 4.69) is 4.90 Å². The molecule has 0 heterocycles. The van der Waals surface area contributed by atoms with Crippen LogP contribution < -0.4 is 18.9 Å². The largest absolute Gasteiger partial charge is 0.497 e. The topological polar surface area (TPSA) is 99.2 Å². The molecule has 0 aliphatic carbocycles. The van der Waals surface area contributed by atoms with Gasteiger partial charge in [-0.3, -0.25) is 9.80 Å². The summed E-state index contributed by atoms with van der Waals surface area (Å²) in [5.41, 5.74) is 3.80. The van der Waals surface area contributed by atoms with Gasteiger partial charge in [-0.1, -0.05) is 48.5 Å². The van der Waals surface area contributed by atoms with Crippen molar-refractivity contribution in [3.05, 3.63) is 119 Å². The number of carbonyl (C=O) groups is 2. The highest BCUT2D eigenvalue weighted by molar-refractivity contribution is 5.68. The van der Waals surface area contributed by atoms with Crippen molar-refractivity contribution in [2.24, 2.45) is 0 Å². The van der Waals surface area contributed by atoms with Crippen LogP contribution in [0.4, 0.5) is 9.59 Å². The summed E-state index contributed by atoms with van der Waals surface area (Å²) in [7, 11) is 10.4. The summed E-state index contributed by atoms with van der Waals surface area (Å²) in [6.45, 7) is 1.88. The second-order valence-corrected chi connectivity index (χ2v) is 12.5. The van der Waals surface area contributed by atoms with Crippen molar-refractivity contribution in [1.82, 2.24) is 14.7 Å². The monoisotopic (exact) mass is 713 g/mol. The fourth-order valence-corrected chi connectivity index (χ4v) is 5.58. The normalized spacial score (nSPS) is 10.8. The van der Waals surface area contributed by atoms with Gasteiger partial charge >= 0.3 is 12.2 Å². The summed E-state index contributed by atoms with van der Waals surface area (Å²) >= 11 is 0. The third-order valence-electron chi connectivity index (χ3n) is 8.73. The molecule has 0 radical (unpaired) electrons. The number of nitrogens with zero attached hydrogens (tertiary/aromatic N) is 3. The molecule has 0 saturated heterocycles. The van der Waals surface area contributed by atoms with E-state index >= 15 is 0 Å². The second-order valence-electron chi connectivity index (χ2n) is 12.5. The van der Waals surface area contributed by atoms with E-state index in [4.69, 9.17) is 28.4 Å². The number of hydrogen-bond donors (Lipinski definition) is 0. The Bertz CT molecular complexity index is 1430. The molecular weight excluding hydrogens is 662 g/mol. The highest BCUT2D eigenvalue weighted by Crippen LogP contribution is 2.20. The maximum atomic E-state index is 13.5. The first-order valence-electron chi connectivity index (χ1n) is 17.2. The Labute approximate surface area is 307 Å². The zero-order valence-corrected chi connectivity index (χ0v) is 31.1.